The highest BCUT2D eigenvalue weighted by Gasteiger charge is 2.48. The molecule has 3 aliphatic rings. The smallest absolute Gasteiger partial charge is 0.253 e. The van der Waals surface area contributed by atoms with Crippen LogP contribution in [0.2, 0.25) is 0 Å². The largest absolute Gasteiger partial charge is 0.312 e. The van der Waals surface area contributed by atoms with E-state index in [1.54, 1.807) is 0 Å². The minimum absolute atomic E-state index is 0.0427. The van der Waals surface area contributed by atoms with Gasteiger partial charge in [0.2, 0.25) is 10.0 Å². The molecule has 128 valence electrons. The zero-order valence-electron chi connectivity index (χ0n) is 13.5. The third kappa shape index (κ3) is 3.21. The van der Waals surface area contributed by atoms with E-state index in [9.17, 15) is 13.2 Å². The van der Waals surface area contributed by atoms with E-state index in [1.165, 1.54) is 29.6 Å². The lowest BCUT2D eigenvalue weighted by atomic mass is 9.88. The van der Waals surface area contributed by atoms with E-state index in [4.69, 9.17) is 4.99 Å². The van der Waals surface area contributed by atoms with Gasteiger partial charge in [-0.3, -0.25) is 9.79 Å². The summed E-state index contributed by atoms with van der Waals surface area (Å²) < 4.78 is 25.7. The number of carbonyl (C=O) groups excluding carboxylic acids is 1. The number of nitrogens with one attached hydrogen (secondary N) is 1. The quantitative estimate of drug-likeness (QED) is 0.787. The summed E-state index contributed by atoms with van der Waals surface area (Å²) in [7, 11) is -3.30. The predicted octanol–water partition coefficient (Wildman–Crippen LogP) is 1.45. The van der Waals surface area contributed by atoms with Crippen LogP contribution in [-0.4, -0.2) is 48.8 Å². The number of nitrogens with zero attached hydrogens (tertiary/aromatic N) is 2. The summed E-state index contributed by atoms with van der Waals surface area (Å²) in [5.74, 6) is 1.12. The van der Waals surface area contributed by atoms with Crippen molar-refractivity contribution in [1.82, 2.24) is 9.62 Å². The van der Waals surface area contributed by atoms with Gasteiger partial charge in [0, 0.05) is 19.0 Å². The van der Waals surface area contributed by atoms with Crippen molar-refractivity contribution in [3.63, 3.8) is 0 Å². The lowest BCUT2D eigenvalue weighted by molar-refractivity contribution is -0.125. The van der Waals surface area contributed by atoms with E-state index in [0.29, 0.717) is 31.8 Å². The molecule has 0 aromatic heterocycles. The summed E-state index contributed by atoms with van der Waals surface area (Å²) in [6.45, 7) is 4.20. The average Bonchev–Trinajstić information content (AvgIpc) is 2.85. The zero-order valence-corrected chi connectivity index (χ0v) is 14.3. The second-order valence-corrected chi connectivity index (χ2v) is 8.80. The van der Waals surface area contributed by atoms with Crippen molar-refractivity contribution in [1.29, 1.82) is 0 Å². The summed E-state index contributed by atoms with van der Waals surface area (Å²) in [5, 5.41) is 2.99. The Morgan fingerprint density at radius 1 is 1.26 bits per heavy atom. The molecular formula is C16H25N3O3S. The lowest BCUT2D eigenvalue weighted by Crippen LogP contribution is -2.50. The fraction of sp³-hybridized carbons (Fsp3) is 0.750. The van der Waals surface area contributed by atoms with Crippen LogP contribution >= 0.6 is 0 Å². The molecule has 2 heterocycles. The number of sulfonamides is 1. The lowest BCUT2D eigenvalue weighted by Gasteiger charge is -2.34. The highest BCUT2D eigenvalue weighted by atomic mass is 32.2. The molecule has 7 heteroatoms. The SMILES string of the molecule is C=CCS(=O)(=O)N1CCC2(CC1)N=C(C1CCCCC1)NC2=O. The first-order chi connectivity index (χ1) is 11.0. The van der Waals surface area contributed by atoms with E-state index in [1.807, 2.05) is 0 Å². The van der Waals surface area contributed by atoms with Crippen LogP contribution in [0.5, 0.6) is 0 Å². The molecule has 23 heavy (non-hydrogen) atoms. The fourth-order valence-corrected chi connectivity index (χ4v) is 5.09. The predicted molar refractivity (Wildman–Crippen MR) is 89.7 cm³/mol. The Balaban J connectivity index is 1.70. The van der Waals surface area contributed by atoms with Crippen molar-refractivity contribution in [2.24, 2.45) is 10.9 Å². The highest BCUT2D eigenvalue weighted by molar-refractivity contribution is 7.89. The van der Waals surface area contributed by atoms with Crippen molar-refractivity contribution < 1.29 is 13.2 Å². The Kier molecular flexibility index (Phi) is 4.60. The Bertz CT molecular complexity index is 612. The van der Waals surface area contributed by atoms with Gasteiger partial charge in [-0.25, -0.2) is 12.7 Å². The van der Waals surface area contributed by atoms with Gasteiger partial charge in [0.25, 0.3) is 5.91 Å². The number of hydrogen-bond donors (Lipinski definition) is 1. The number of amides is 1. The van der Waals surface area contributed by atoms with Crippen LogP contribution in [0.3, 0.4) is 0 Å². The molecule has 0 radical (unpaired) electrons. The molecular weight excluding hydrogens is 314 g/mol. The molecule has 1 saturated carbocycles. The van der Waals surface area contributed by atoms with Crippen LogP contribution < -0.4 is 5.32 Å². The van der Waals surface area contributed by atoms with Gasteiger partial charge >= 0.3 is 0 Å². The fourth-order valence-electron chi connectivity index (χ4n) is 3.84. The third-order valence-electron chi connectivity index (χ3n) is 5.26. The van der Waals surface area contributed by atoms with Crippen molar-refractivity contribution in [3.05, 3.63) is 12.7 Å². The minimum atomic E-state index is -3.30. The van der Waals surface area contributed by atoms with Crippen LogP contribution in [-0.2, 0) is 14.8 Å². The first-order valence-electron chi connectivity index (χ1n) is 8.47. The average molecular weight is 339 g/mol. The molecule has 1 aliphatic carbocycles. The van der Waals surface area contributed by atoms with Crippen molar-refractivity contribution in [3.8, 4) is 0 Å². The van der Waals surface area contributed by atoms with Crippen LogP contribution in [0, 0.1) is 5.92 Å². The van der Waals surface area contributed by atoms with Gasteiger partial charge in [-0.2, -0.15) is 0 Å². The van der Waals surface area contributed by atoms with E-state index in [2.05, 4.69) is 11.9 Å². The molecule has 1 spiro atoms. The zero-order chi connectivity index (χ0) is 16.5. The van der Waals surface area contributed by atoms with Gasteiger partial charge in [-0.15, -0.1) is 6.58 Å². The molecule has 6 nitrogen and oxygen atoms in total. The number of piperidine rings is 1. The van der Waals surface area contributed by atoms with E-state index < -0.39 is 15.6 Å². The summed E-state index contributed by atoms with van der Waals surface area (Å²) in [6, 6.07) is 0. The topological polar surface area (TPSA) is 78.8 Å². The molecule has 0 unspecified atom stereocenters. The molecule has 1 N–H and O–H groups in total. The number of amidine groups is 1. The maximum atomic E-state index is 12.5. The maximum absolute atomic E-state index is 12.5. The van der Waals surface area contributed by atoms with Crippen LogP contribution in [0.15, 0.2) is 17.6 Å². The molecule has 0 atom stereocenters. The molecule has 0 aromatic carbocycles. The standard InChI is InChI=1S/C16H25N3O3S/c1-2-12-23(21,22)19-10-8-16(9-11-19)15(20)17-14(18-16)13-6-4-3-5-7-13/h2,13H,1,3-12H2,(H,17,18,20). The number of carbonyl (C=O) groups is 1. The first-order valence-corrected chi connectivity index (χ1v) is 10.1. The Morgan fingerprint density at radius 3 is 2.52 bits per heavy atom. The third-order valence-corrected chi connectivity index (χ3v) is 7.07. The highest BCUT2D eigenvalue weighted by Crippen LogP contribution is 2.34. The summed E-state index contributed by atoms with van der Waals surface area (Å²) in [4.78, 5) is 17.2. The molecule has 1 amide bonds. The van der Waals surface area contributed by atoms with Crippen LogP contribution in [0.4, 0.5) is 0 Å². The second kappa shape index (κ2) is 6.36. The van der Waals surface area contributed by atoms with Crippen molar-refractivity contribution in [2.45, 2.75) is 50.5 Å². The number of aliphatic imine (C=N–C) groups is 1. The molecule has 0 bridgehead atoms. The van der Waals surface area contributed by atoms with Gasteiger partial charge < -0.3 is 5.32 Å². The van der Waals surface area contributed by atoms with Gasteiger partial charge in [0.15, 0.2) is 0 Å². The van der Waals surface area contributed by atoms with Crippen LogP contribution in [0.25, 0.3) is 0 Å². The van der Waals surface area contributed by atoms with Gasteiger partial charge in [0.1, 0.15) is 11.4 Å². The van der Waals surface area contributed by atoms with Crippen molar-refractivity contribution >= 4 is 21.8 Å². The summed E-state index contributed by atoms with van der Waals surface area (Å²) in [5.41, 5.74) is -0.743. The van der Waals surface area contributed by atoms with Gasteiger partial charge in [-0.1, -0.05) is 25.3 Å². The monoisotopic (exact) mass is 339 g/mol. The molecule has 1 saturated heterocycles. The van der Waals surface area contributed by atoms with Gasteiger partial charge in [0.05, 0.1) is 5.75 Å². The van der Waals surface area contributed by atoms with E-state index >= 15 is 0 Å². The molecule has 3 rings (SSSR count). The van der Waals surface area contributed by atoms with Crippen molar-refractivity contribution in [2.75, 3.05) is 18.8 Å². The second-order valence-electron chi connectivity index (χ2n) is 6.78. The Morgan fingerprint density at radius 2 is 1.91 bits per heavy atom. The Labute approximate surface area is 138 Å². The van der Waals surface area contributed by atoms with Gasteiger partial charge in [-0.05, 0) is 25.7 Å². The molecule has 2 aliphatic heterocycles. The van der Waals surface area contributed by atoms with Crippen LogP contribution in [0.1, 0.15) is 44.9 Å². The summed E-state index contributed by atoms with van der Waals surface area (Å²) in [6.07, 6.45) is 8.17. The normalized spacial score (nSPS) is 26.1. The molecule has 0 aromatic rings. The minimum Gasteiger partial charge on any atom is -0.312 e. The number of rotatable bonds is 4. The van der Waals surface area contributed by atoms with E-state index in [0.717, 1.165) is 18.7 Å². The number of hydrogen-bond acceptors (Lipinski definition) is 4. The Hall–Kier alpha value is -1.21. The molecule has 2 fully saturated rings. The summed E-state index contributed by atoms with van der Waals surface area (Å²) >= 11 is 0. The maximum Gasteiger partial charge on any atom is 0.253 e. The van der Waals surface area contributed by atoms with E-state index in [-0.39, 0.29) is 11.7 Å². The first kappa shape index (κ1) is 16.6.